The molecule has 1 aromatic rings. The molecule has 4 aliphatic carbocycles. The molecule has 6 unspecified atom stereocenters. The van der Waals surface area contributed by atoms with Gasteiger partial charge in [-0.3, -0.25) is 0 Å². The first-order valence-electron chi connectivity index (χ1n) is 11.8. The highest BCUT2D eigenvalue weighted by atomic mass is 19.1. The van der Waals surface area contributed by atoms with Gasteiger partial charge in [0.1, 0.15) is 0 Å². The number of benzene rings is 1. The summed E-state index contributed by atoms with van der Waals surface area (Å²) in [7, 11) is 0. The number of carbonyl (C=O) groups is 1. The Balaban J connectivity index is 1.38. The third-order valence-electron chi connectivity index (χ3n) is 8.24. The van der Waals surface area contributed by atoms with Crippen molar-refractivity contribution >= 4 is 5.97 Å². The molecule has 0 radical (unpaired) electrons. The second kappa shape index (κ2) is 7.81. The lowest BCUT2D eigenvalue weighted by Gasteiger charge is -2.35. The average Bonchev–Trinajstić information content (AvgIpc) is 3.42. The molecule has 1 N–H and O–H groups in total. The van der Waals surface area contributed by atoms with E-state index in [9.17, 15) is 9.90 Å². The van der Waals surface area contributed by atoms with E-state index in [0.29, 0.717) is 29.9 Å². The summed E-state index contributed by atoms with van der Waals surface area (Å²) in [5.74, 6) is 1.74. The first-order valence-corrected chi connectivity index (χ1v) is 11.8. The summed E-state index contributed by atoms with van der Waals surface area (Å²) < 4.78 is 27.9. The van der Waals surface area contributed by atoms with E-state index in [1.807, 2.05) is 13.8 Å². The summed E-state index contributed by atoms with van der Waals surface area (Å²) in [6.07, 6.45) is 8.98. The maximum Gasteiger partial charge on any atom is 0.336 e. The third kappa shape index (κ3) is 3.34. The second-order valence-corrected chi connectivity index (χ2v) is 10.3. The lowest BCUT2D eigenvalue weighted by Crippen LogP contribution is -2.38. The summed E-state index contributed by atoms with van der Waals surface area (Å²) in [5.41, 5.74) is 1.34. The minimum Gasteiger partial charge on any atom is -0.478 e. The molecule has 4 aliphatic rings. The Morgan fingerprint density at radius 3 is 2.53 bits per heavy atom. The molecule has 0 amide bonds. The van der Waals surface area contributed by atoms with Crippen molar-refractivity contribution in [1.82, 2.24) is 0 Å². The Kier molecular flexibility index (Phi) is 5.29. The fraction of sp³-hybridized carbons (Fsp3) is 0.720. The van der Waals surface area contributed by atoms with Crippen molar-refractivity contribution in [1.29, 1.82) is 0 Å². The van der Waals surface area contributed by atoms with Crippen LogP contribution in [0.5, 0.6) is 5.75 Å². The van der Waals surface area contributed by atoms with Crippen LogP contribution in [-0.2, 0) is 17.6 Å². The Bertz CT molecular complexity index is 835. The van der Waals surface area contributed by atoms with Gasteiger partial charge in [0.05, 0.1) is 11.7 Å². The molecule has 0 aliphatic heterocycles. The predicted octanol–water partition coefficient (Wildman–Crippen LogP) is 5.60. The van der Waals surface area contributed by atoms with E-state index in [2.05, 4.69) is 0 Å². The van der Waals surface area contributed by atoms with Gasteiger partial charge < -0.3 is 14.6 Å². The molecule has 0 saturated heterocycles. The summed E-state index contributed by atoms with van der Waals surface area (Å²) in [5, 5.41) is 9.68. The Morgan fingerprint density at radius 1 is 1.07 bits per heavy atom. The van der Waals surface area contributed by atoms with E-state index in [0.717, 1.165) is 37.0 Å². The van der Waals surface area contributed by atoms with Gasteiger partial charge in [0.2, 0.25) is 6.29 Å². The second-order valence-electron chi connectivity index (χ2n) is 10.3. The van der Waals surface area contributed by atoms with Crippen LogP contribution in [0.1, 0.15) is 80.3 Å². The average molecular weight is 417 g/mol. The van der Waals surface area contributed by atoms with Crippen LogP contribution in [0, 0.1) is 35.4 Å². The lowest BCUT2D eigenvalue weighted by atomic mass is 9.80. The molecule has 30 heavy (non-hydrogen) atoms. The molecule has 2 bridgehead atoms. The van der Waals surface area contributed by atoms with E-state index in [4.69, 9.17) is 9.47 Å². The smallest absolute Gasteiger partial charge is 0.336 e. The first kappa shape index (κ1) is 20.3. The van der Waals surface area contributed by atoms with Crippen LogP contribution < -0.4 is 4.74 Å². The zero-order valence-corrected chi connectivity index (χ0v) is 18.0. The molecule has 5 rings (SSSR count). The molecular formula is C25H33FO4. The van der Waals surface area contributed by atoms with E-state index >= 15 is 4.39 Å². The molecule has 3 fully saturated rings. The maximum atomic E-state index is 15.3. The Labute approximate surface area is 178 Å². The van der Waals surface area contributed by atoms with Crippen LogP contribution in [0.3, 0.4) is 0 Å². The number of hydrogen-bond acceptors (Lipinski definition) is 3. The van der Waals surface area contributed by atoms with Crippen molar-refractivity contribution < 1.29 is 23.8 Å². The van der Waals surface area contributed by atoms with Crippen LogP contribution in [0.2, 0.25) is 0 Å². The van der Waals surface area contributed by atoms with Gasteiger partial charge in [-0.05, 0) is 92.2 Å². The van der Waals surface area contributed by atoms with Crippen molar-refractivity contribution in [3.05, 3.63) is 28.6 Å². The zero-order chi connectivity index (χ0) is 21.0. The predicted molar refractivity (Wildman–Crippen MR) is 111 cm³/mol. The molecule has 0 heterocycles. The number of ether oxygens (including phenoxy) is 2. The molecule has 6 atom stereocenters. The van der Waals surface area contributed by atoms with Crippen molar-refractivity contribution in [2.75, 3.05) is 0 Å². The van der Waals surface area contributed by atoms with Crippen molar-refractivity contribution in [2.45, 2.75) is 84.0 Å². The largest absolute Gasteiger partial charge is 0.478 e. The lowest BCUT2D eigenvalue weighted by molar-refractivity contribution is -0.163. The van der Waals surface area contributed by atoms with Gasteiger partial charge in [-0.1, -0.05) is 20.3 Å². The van der Waals surface area contributed by atoms with Crippen molar-refractivity contribution in [2.24, 2.45) is 29.6 Å². The van der Waals surface area contributed by atoms with E-state index in [1.165, 1.54) is 31.7 Å². The van der Waals surface area contributed by atoms with E-state index in [-0.39, 0.29) is 23.3 Å². The fourth-order valence-corrected chi connectivity index (χ4v) is 6.93. The van der Waals surface area contributed by atoms with Gasteiger partial charge in [0.25, 0.3) is 0 Å². The van der Waals surface area contributed by atoms with Gasteiger partial charge in [-0.15, -0.1) is 0 Å². The number of carboxylic acid groups (broad SMARTS) is 1. The van der Waals surface area contributed by atoms with Gasteiger partial charge in [-0.25, -0.2) is 9.18 Å². The minimum absolute atomic E-state index is 0.0358. The first-order chi connectivity index (χ1) is 14.4. The third-order valence-corrected chi connectivity index (χ3v) is 8.24. The highest BCUT2D eigenvalue weighted by molar-refractivity contribution is 5.90. The quantitative estimate of drug-likeness (QED) is 0.613. The van der Waals surface area contributed by atoms with Gasteiger partial charge in [0.15, 0.2) is 11.6 Å². The standard InChI is InChI=1S/C25H33FO4/c1-13(2)25(29-21-11-14-10-19(21)16-9-5-8-15(14)16)30-22-12-20(24(27)28)17-6-3-4-7-18(17)23(22)26/h12-16,19,21,25H,3-11H2,1-2H3,(H,27,28). The summed E-state index contributed by atoms with van der Waals surface area (Å²) in [6, 6.07) is 1.38. The van der Waals surface area contributed by atoms with Crippen LogP contribution >= 0.6 is 0 Å². The van der Waals surface area contributed by atoms with Gasteiger partial charge in [0, 0.05) is 5.92 Å². The monoisotopic (exact) mass is 416 g/mol. The van der Waals surface area contributed by atoms with Crippen molar-refractivity contribution in [3.63, 3.8) is 0 Å². The van der Waals surface area contributed by atoms with Crippen LogP contribution in [0.15, 0.2) is 6.07 Å². The highest BCUT2D eigenvalue weighted by Crippen LogP contribution is 2.59. The van der Waals surface area contributed by atoms with Crippen LogP contribution in [0.4, 0.5) is 4.39 Å². The SMILES string of the molecule is CC(C)C(Oc1cc(C(=O)O)c2c(c1F)CCCC2)OC1CC2CC1C1CCCC21. The summed E-state index contributed by atoms with van der Waals surface area (Å²) in [6.45, 7) is 4.04. The molecule has 1 aromatic carbocycles. The molecule has 0 spiro atoms. The molecule has 0 aromatic heterocycles. The molecule has 3 saturated carbocycles. The van der Waals surface area contributed by atoms with E-state index < -0.39 is 18.1 Å². The summed E-state index contributed by atoms with van der Waals surface area (Å²) in [4.78, 5) is 11.8. The zero-order valence-electron chi connectivity index (χ0n) is 18.0. The maximum absolute atomic E-state index is 15.3. The van der Waals surface area contributed by atoms with E-state index in [1.54, 1.807) is 0 Å². The number of halogens is 1. The Morgan fingerprint density at radius 2 is 1.80 bits per heavy atom. The van der Waals surface area contributed by atoms with Crippen LogP contribution in [-0.4, -0.2) is 23.5 Å². The number of fused-ring (bicyclic) bond motifs is 6. The highest BCUT2D eigenvalue weighted by Gasteiger charge is 2.54. The number of rotatable bonds is 6. The van der Waals surface area contributed by atoms with Gasteiger partial charge in [-0.2, -0.15) is 0 Å². The minimum atomic E-state index is -1.01. The fourth-order valence-electron chi connectivity index (χ4n) is 6.93. The van der Waals surface area contributed by atoms with Crippen molar-refractivity contribution in [3.8, 4) is 5.75 Å². The number of carboxylic acids is 1. The molecule has 5 heteroatoms. The molecular weight excluding hydrogens is 383 g/mol. The number of aromatic carboxylic acids is 1. The number of hydrogen-bond donors (Lipinski definition) is 1. The molecule has 4 nitrogen and oxygen atoms in total. The van der Waals surface area contributed by atoms with Crippen LogP contribution in [0.25, 0.3) is 0 Å². The molecule has 164 valence electrons. The Hall–Kier alpha value is -1.62. The normalized spacial score (nSPS) is 32.9. The van der Waals surface area contributed by atoms with Gasteiger partial charge >= 0.3 is 5.97 Å². The summed E-state index contributed by atoms with van der Waals surface area (Å²) >= 11 is 0. The topological polar surface area (TPSA) is 55.8 Å².